The molecule has 4 aromatic carbocycles. The fourth-order valence-electron chi connectivity index (χ4n) is 8.59. The van der Waals surface area contributed by atoms with Crippen LogP contribution in [0.15, 0.2) is 96.2 Å². The highest BCUT2D eigenvalue weighted by Crippen LogP contribution is 2.50. The topological polar surface area (TPSA) is 192 Å². The first-order valence-corrected chi connectivity index (χ1v) is 19.1. The third kappa shape index (κ3) is 7.05. The fourth-order valence-corrected chi connectivity index (χ4v) is 8.59. The van der Waals surface area contributed by atoms with E-state index in [-0.39, 0.29) is 5.92 Å². The van der Waals surface area contributed by atoms with Gasteiger partial charge in [-0.15, -0.1) is 0 Å². The standard InChI is InChI=1S/C44H52N6O8/c1-25-11-7-9-13-33(25)34(27-15-29(54-3)19-30(16-27)55-4)21-37(45)44(35-14-10-8-12-26(35)2,28-17-31(56-5)20-32(18-28)57-6)50-24-48-42-38(41(50)46)47-23-49(42)43-40(53)39(52)36(22-51)58-43/h7-20,23-24,34,36-37,39-41,43,51-53H,21-22,45-46H2,1-6H3/t34?,36-,37?,39?,40?,41?,43-,44?/m1/s1. The van der Waals surface area contributed by atoms with E-state index in [9.17, 15) is 15.3 Å². The van der Waals surface area contributed by atoms with Crippen molar-refractivity contribution in [3.63, 3.8) is 0 Å². The van der Waals surface area contributed by atoms with E-state index >= 15 is 0 Å². The van der Waals surface area contributed by atoms with E-state index in [0.29, 0.717) is 40.9 Å². The molecule has 7 rings (SSSR count). The Labute approximate surface area is 338 Å². The van der Waals surface area contributed by atoms with E-state index < -0.39 is 48.9 Å². The van der Waals surface area contributed by atoms with Crippen LogP contribution in [0.1, 0.15) is 63.8 Å². The average Bonchev–Trinajstić information content (AvgIpc) is 3.80. The van der Waals surface area contributed by atoms with Crippen LogP contribution in [0.4, 0.5) is 5.82 Å². The first-order valence-electron chi connectivity index (χ1n) is 19.1. The fraction of sp³-hybridized carbons (Fsp3) is 0.364. The molecular formula is C44H52N6O8. The predicted molar refractivity (Wildman–Crippen MR) is 219 cm³/mol. The summed E-state index contributed by atoms with van der Waals surface area (Å²) in [6, 6.07) is 27.1. The summed E-state index contributed by atoms with van der Waals surface area (Å²) in [6.45, 7) is 3.65. The first kappa shape index (κ1) is 40.7. The van der Waals surface area contributed by atoms with Crippen LogP contribution in [0.3, 0.4) is 0 Å². The van der Waals surface area contributed by atoms with Crippen molar-refractivity contribution in [2.75, 3.05) is 35.0 Å². The number of fused-ring (bicyclic) bond motifs is 1. The van der Waals surface area contributed by atoms with E-state index in [1.54, 1.807) is 40.8 Å². The Kier molecular flexibility index (Phi) is 11.8. The van der Waals surface area contributed by atoms with Gasteiger partial charge >= 0.3 is 0 Å². The van der Waals surface area contributed by atoms with Gasteiger partial charge in [0.05, 0.1) is 47.7 Å². The quantitative estimate of drug-likeness (QED) is 0.105. The van der Waals surface area contributed by atoms with Gasteiger partial charge in [-0.2, -0.15) is 0 Å². The number of nitrogens with zero attached hydrogens (tertiary/aromatic N) is 4. The Morgan fingerprint density at radius 2 is 1.40 bits per heavy atom. The zero-order chi connectivity index (χ0) is 41.3. The lowest BCUT2D eigenvalue weighted by Gasteiger charge is -2.52. The van der Waals surface area contributed by atoms with E-state index in [2.05, 4.69) is 19.1 Å². The van der Waals surface area contributed by atoms with Crippen LogP contribution in [0.2, 0.25) is 0 Å². The SMILES string of the molecule is COc1cc(OC)cc(C(CC(N)C(c2cc(OC)cc(OC)c2)(c2ccccc2C)N2C=Nc3c(ncn3[C@@H]3O[C@H](CO)C(O)C3O)C2N)c2ccccc2C)c1. The second-order valence-corrected chi connectivity index (χ2v) is 14.8. The zero-order valence-electron chi connectivity index (χ0n) is 33.5. The summed E-state index contributed by atoms with van der Waals surface area (Å²) in [5, 5.41) is 31.3. The van der Waals surface area contributed by atoms with Gasteiger partial charge in [-0.1, -0.05) is 48.5 Å². The van der Waals surface area contributed by atoms with Gasteiger partial charge in [0, 0.05) is 24.1 Å². The number of hydrogen-bond acceptors (Lipinski definition) is 13. The average molecular weight is 793 g/mol. The number of aliphatic hydroxyl groups is 3. The number of aromatic nitrogens is 2. The van der Waals surface area contributed by atoms with Gasteiger partial charge in [0.25, 0.3) is 0 Å². The molecular weight excluding hydrogens is 741 g/mol. The Morgan fingerprint density at radius 1 is 0.810 bits per heavy atom. The second kappa shape index (κ2) is 16.8. The summed E-state index contributed by atoms with van der Waals surface area (Å²) in [7, 11) is 6.46. The molecule has 5 aromatic rings. The second-order valence-electron chi connectivity index (χ2n) is 14.8. The van der Waals surface area contributed by atoms with Crippen LogP contribution in [0, 0.1) is 13.8 Å². The van der Waals surface area contributed by atoms with Crippen molar-refractivity contribution in [1.82, 2.24) is 14.5 Å². The molecule has 8 atom stereocenters. The molecule has 0 radical (unpaired) electrons. The maximum Gasteiger partial charge on any atom is 0.165 e. The summed E-state index contributed by atoms with van der Waals surface area (Å²) < 4.78 is 30.6. The minimum Gasteiger partial charge on any atom is -0.497 e. The molecule has 0 aliphatic carbocycles. The molecule has 58 heavy (non-hydrogen) atoms. The summed E-state index contributed by atoms with van der Waals surface area (Å²) in [5.41, 5.74) is 20.0. The number of hydrogen-bond donors (Lipinski definition) is 5. The number of imidazole rings is 1. The highest BCUT2D eigenvalue weighted by Gasteiger charge is 2.52. The number of rotatable bonds is 14. The molecule has 14 nitrogen and oxygen atoms in total. The van der Waals surface area contributed by atoms with E-state index in [0.717, 1.165) is 33.4 Å². The van der Waals surface area contributed by atoms with Gasteiger partial charge in [-0.25, -0.2) is 9.98 Å². The summed E-state index contributed by atoms with van der Waals surface area (Å²) in [6.07, 6.45) is -2.17. The van der Waals surface area contributed by atoms with E-state index in [1.807, 2.05) is 78.6 Å². The molecule has 14 heteroatoms. The number of aliphatic hydroxyl groups excluding tert-OH is 3. The highest BCUT2D eigenvalue weighted by atomic mass is 16.6. The van der Waals surface area contributed by atoms with E-state index in [1.165, 1.54) is 10.9 Å². The summed E-state index contributed by atoms with van der Waals surface area (Å²) in [5.74, 6) is 2.44. The van der Waals surface area contributed by atoms with Crippen molar-refractivity contribution in [3.8, 4) is 23.0 Å². The molecule has 2 aliphatic rings. The molecule has 0 spiro atoms. The Bertz CT molecular complexity index is 2220. The van der Waals surface area contributed by atoms with Crippen LogP contribution in [-0.2, 0) is 10.3 Å². The zero-order valence-corrected chi connectivity index (χ0v) is 33.5. The van der Waals surface area contributed by atoms with Gasteiger partial charge in [-0.3, -0.25) is 4.57 Å². The monoisotopic (exact) mass is 792 g/mol. The molecule has 0 bridgehead atoms. The van der Waals surface area contributed by atoms with Gasteiger partial charge in [-0.05, 0) is 77.9 Å². The molecule has 306 valence electrons. The minimum absolute atomic E-state index is 0.268. The molecule has 0 saturated carbocycles. The van der Waals surface area contributed by atoms with Crippen LogP contribution in [0.25, 0.3) is 0 Å². The van der Waals surface area contributed by atoms with Gasteiger partial charge in [0.2, 0.25) is 0 Å². The van der Waals surface area contributed by atoms with Crippen LogP contribution >= 0.6 is 0 Å². The molecule has 1 saturated heterocycles. The largest absolute Gasteiger partial charge is 0.497 e. The van der Waals surface area contributed by atoms with Crippen LogP contribution in [-0.4, -0.2) is 95.5 Å². The van der Waals surface area contributed by atoms with Crippen molar-refractivity contribution >= 4 is 12.2 Å². The minimum atomic E-state index is -1.35. The number of nitrogens with two attached hydrogens (primary N) is 2. The summed E-state index contributed by atoms with van der Waals surface area (Å²) >= 11 is 0. The van der Waals surface area contributed by atoms with Crippen molar-refractivity contribution in [1.29, 1.82) is 0 Å². The Morgan fingerprint density at radius 3 is 1.97 bits per heavy atom. The normalized spacial score (nSPS) is 22.2. The van der Waals surface area contributed by atoms with Crippen LogP contribution < -0.4 is 30.4 Å². The Hall–Kier alpha value is -5.48. The van der Waals surface area contributed by atoms with Gasteiger partial charge in [0.1, 0.15) is 58.7 Å². The molecule has 6 unspecified atom stereocenters. The third-order valence-electron chi connectivity index (χ3n) is 11.6. The number of methoxy groups -OCH3 is 4. The molecule has 1 fully saturated rings. The third-order valence-corrected chi connectivity index (χ3v) is 11.6. The lowest BCUT2D eigenvalue weighted by atomic mass is 9.69. The lowest BCUT2D eigenvalue weighted by molar-refractivity contribution is -0.0520. The molecule has 7 N–H and O–H groups in total. The van der Waals surface area contributed by atoms with Crippen molar-refractivity contribution in [2.24, 2.45) is 16.5 Å². The number of benzene rings is 4. The maximum atomic E-state index is 11.0. The predicted octanol–water partition coefficient (Wildman–Crippen LogP) is 4.57. The van der Waals surface area contributed by atoms with Crippen LogP contribution in [0.5, 0.6) is 23.0 Å². The number of aliphatic imine (C=N–C) groups is 1. The van der Waals surface area contributed by atoms with Crippen molar-refractivity contribution < 1.29 is 39.0 Å². The molecule has 1 aromatic heterocycles. The molecule has 3 heterocycles. The first-order chi connectivity index (χ1) is 28.0. The smallest absolute Gasteiger partial charge is 0.165 e. The number of aryl methyl sites for hydroxylation is 2. The van der Waals surface area contributed by atoms with Gasteiger partial charge in [0.15, 0.2) is 12.0 Å². The Balaban J connectivity index is 1.47. The van der Waals surface area contributed by atoms with Crippen molar-refractivity contribution in [3.05, 3.63) is 130 Å². The van der Waals surface area contributed by atoms with E-state index in [4.69, 9.17) is 45.1 Å². The lowest BCUT2D eigenvalue weighted by Crippen LogP contribution is -2.61. The van der Waals surface area contributed by atoms with Crippen molar-refractivity contribution in [2.45, 2.75) is 68.5 Å². The molecule has 0 amide bonds. The number of ether oxygens (including phenoxy) is 5. The van der Waals surface area contributed by atoms with Gasteiger partial charge < -0.3 is 55.4 Å². The highest BCUT2D eigenvalue weighted by molar-refractivity contribution is 5.70. The maximum absolute atomic E-state index is 11.0. The molecule has 2 aliphatic heterocycles. The summed E-state index contributed by atoms with van der Waals surface area (Å²) in [4.78, 5) is 11.6.